The van der Waals surface area contributed by atoms with E-state index in [2.05, 4.69) is 21.2 Å². The van der Waals surface area contributed by atoms with Gasteiger partial charge in [-0.15, -0.1) is 0 Å². The Hall–Kier alpha value is -1.50. The molecule has 0 aliphatic carbocycles. The molecular formula is C15H22BrN3O3. The molecule has 0 radical (unpaired) electrons. The van der Waals surface area contributed by atoms with Gasteiger partial charge >= 0.3 is 6.03 Å². The second-order valence-electron chi connectivity index (χ2n) is 5.29. The lowest BCUT2D eigenvalue weighted by molar-refractivity contribution is 0.0882. The third kappa shape index (κ3) is 4.03. The highest BCUT2D eigenvalue weighted by Gasteiger charge is 2.26. The van der Waals surface area contributed by atoms with Crippen molar-refractivity contribution < 1.29 is 14.0 Å². The number of carbonyl (C=O) groups is 2. The minimum absolute atomic E-state index is 0.0807. The Morgan fingerprint density at radius 3 is 2.45 bits per heavy atom. The van der Waals surface area contributed by atoms with Crippen molar-refractivity contribution in [2.45, 2.75) is 32.7 Å². The van der Waals surface area contributed by atoms with Crippen LogP contribution in [0.2, 0.25) is 0 Å². The van der Waals surface area contributed by atoms with Gasteiger partial charge in [-0.2, -0.15) is 0 Å². The van der Waals surface area contributed by atoms with E-state index in [4.69, 9.17) is 4.42 Å². The molecule has 0 unspecified atom stereocenters. The number of likely N-dealkylation sites (tertiary alicyclic amines) is 1. The van der Waals surface area contributed by atoms with Crippen molar-refractivity contribution in [2.75, 3.05) is 26.2 Å². The Kier molecular flexibility index (Phi) is 5.88. The summed E-state index contributed by atoms with van der Waals surface area (Å²) in [5.41, 5.74) is 0. The zero-order valence-corrected chi connectivity index (χ0v) is 14.6. The molecule has 0 bridgehead atoms. The van der Waals surface area contributed by atoms with Gasteiger partial charge in [0, 0.05) is 32.2 Å². The number of hydrogen-bond acceptors (Lipinski definition) is 3. The Labute approximate surface area is 138 Å². The maximum atomic E-state index is 12.3. The number of urea groups is 1. The van der Waals surface area contributed by atoms with E-state index >= 15 is 0 Å². The van der Waals surface area contributed by atoms with Crippen molar-refractivity contribution in [3.8, 4) is 0 Å². The molecule has 1 N–H and O–H groups in total. The van der Waals surface area contributed by atoms with Crippen LogP contribution in [0, 0.1) is 0 Å². The highest BCUT2D eigenvalue weighted by atomic mass is 79.9. The first kappa shape index (κ1) is 16.9. The summed E-state index contributed by atoms with van der Waals surface area (Å²) in [5, 5.41) is 2.96. The number of hydrogen-bond donors (Lipinski definition) is 1. The van der Waals surface area contributed by atoms with Gasteiger partial charge in [0.15, 0.2) is 10.4 Å². The molecule has 0 aromatic carbocycles. The van der Waals surface area contributed by atoms with E-state index in [0.717, 1.165) is 25.9 Å². The quantitative estimate of drug-likeness (QED) is 0.884. The van der Waals surface area contributed by atoms with Crippen LogP contribution < -0.4 is 5.32 Å². The van der Waals surface area contributed by atoms with Crippen LogP contribution in [-0.2, 0) is 0 Å². The summed E-state index contributed by atoms with van der Waals surface area (Å²) < 4.78 is 5.78. The van der Waals surface area contributed by atoms with E-state index in [0.29, 0.717) is 23.5 Å². The highest BCUT2D eigenvalue weighted by Crippen LogP contribution is 2.16. The number of furan rings is 1. The average molecular weight is 372 g/mol. The molecule has 2 rings (SSSR count). The summed E-state index contributed by atoms with van der Waals surface area (Å²) >= 11 is 3.18. The van der Waals surface area contributed by atoms with Crippen LogP contribution in [0.1, 0.15) is 37.2 Å². The van der Waals surface area contributed by atoms with Crippen molar-refractivity contribution in [2.24, 2.45) is 0 Å². The average Bonchev–Trinajstić information content (AvgIpc) is 2.96. The van der Waals surface area contributed by atoms with E-state index in [9.17, 15) is 9.59 Å². The van der Waals surface area contributed by atoms with Crippen molar-refractivity contribution in [1.82, 2.24) is 15.1 Å². The molecular weight excluding hydrogens is 350 g/mol. The maximum Gasteiger partial charge on any atom is 0.319 e. The minimum Gasteiger partial charge on any atom is -0.444 e. The summed E-state index contributed by atoms with van der Waals surface area (Å²) in [6.45, 7) is 6.74. The summed E-state index contributed by atoms with van der Waals surface area (Å²) in [5.74, 6) is 0.0905. The molecule has 0 saturated carbocycles. The molecule has 3 amide bonds. The molecule has 1 aliphatic heterocycles. The van der Waals surface area contributed by atoms with E-state index in [1.807, 2.05) is 23.6 Å². The Balaban J connectivity index is 1.82. The van der Waals surface area contributed by atoms with Crippen molar-refractivity contribution in [3.63, 3.8) is 0 Å². The standard InChI is InChI=1S/C15H22BrN3O3/c1-3-18(4-2)15(21)19-9-7-11(8-10-19)17-14(20)12-5-6-13(16)22-12/h5-6,11H,3-4,7-10H2,1-2H3,(H,17,20). The molecule has 122 valence electrons. The Bertz CT molecular complexity index is 520. The predicted molar refractivity (Wildman–Crippen MR) is 86.8 cm³/mol. The van der Waals surface area contributed by atoms with Crippen LogP contribution in [0.3, 0.4) is 0 Å². The number of nitrogens with one attached hydrogen (secondary N) is 1. The van der Waals surface area contributed by atoms with Crippen LogP contribution in [0.25, 0.3) is 0 Å². The third-order valence-electron chi connectivity index (χ3n) is 3.93. The van der Waals surface area contributed by atoms with E-state index in [1.54, 1.807) is 12.1 Å². The van der Waals surface area contributed by atoms with Gasteiger partial charge in [0.25, 0.3) is 5.91 Å². The molecule has 6 nitrogen and oxygen atoms in total. The molecule has 22 heavy (non-hydrogen) atoms. The van der Waals surface area contributed by atoms with Gasteiger partial charge in [0.1, 0.15) is 0 Å². The van der Waals surface area contributed by atoms with Crippen molar-refractivity contribution in [3.05, 3.63) is 22.6 Å². The zero-order chi connectivity index (χ0) is 16.1. The Morgan fingerprint density at radius 1 is 1.32 bits per heavy atom. The largest absolute Gasteiger partial charge is 0.444 e. The molecule has 2 heterocycles. The van der Waals surface area contributed by atoms with Gasteiger partial charge in [-0.25, -0.2) is 4.79 Å². The monoisotopic (exact) mass is 371 g/mol. The first-order valence-corrected chi connectivity index (χ1v) is 8.44. The lowest BCUT2D eigenvalue weighted by atomic mass is 10.1. The fraction of sp³-hybridized carbons (Fsp3) is 0.600. The lowest BCUT2D eigenvalue weighted by Gasteiger charge is -2.35. The molecule has 0 spiro atoms. The van der Waals surface area contributed by atoms with E-state index < -0.39 is 0 Å². The maximum absolute atomic E-state index is 12.3. The lowest BCUT2D eigenvalue weighted by Crippen LogP contribution is -2.50. The van der Waals surface area contributed by atoms with Gasteiger partial charge in [-0.3, -0.25) is 4.79 Å². The number of carbonyl (C=O) groups excluding carboxylic acids is 2. The predicted octanol–water partition coefficient (Wildman–Crippen LogP) is 2.70. The van der Waals surface area contributed by atoms with Gasteiger partial charge in [-0.05, 0) is 54.8 Å². The molecule has 1 aromatic rings. The number of amides is 3. The SMILES string of the molecule is CCN(CC)C(=O)N1CCC(NC(=O)c2ccc(Br)o2)CC1. The normalized spacial score (nSPS) is 15.7. The van der Waals surface area contributed by atoms with Gasteiger partial charge in [-0.1, -0.05) is 0 Å². The van der Waals surface area contributed by atoms with E-state index in [-0.39, 0.29) is 18.0 Å². The molecule has 1 fully saturated rings. The summed E-state index contributed by atoms with van der Waals surface area (Å²) in [7, 11) is 0. The van der Waals surface area contributed by atoms with Crippen molar-refractivity contribution >= 4 is 27.9 Å². The van der Waals surface area contributed by atoms with Gasteiger partial charge < -0.3 is 19.5 Å². The van der Waals surface area contributed by atoms with E-state index in [1.165, 1.54) is 0 Å². The number of halogens is 1. The molecule has 1 aromatic heterocycles. The zero-order valence-electron chi connectivity index (χ0n) is 13.0. The number of rotatable bonds is 4. The second kappa shape index (κ2) is 7.67. The molecule has 0 atom stereocenters. The third-order valence-corrected chi connectivity index (χ3v) is 4.36. The molecule has 1 saturated heterocycles. The minimum atomic E-state index is -0.209. The van der Waals surface area contributed by atoms with Crippen LogP contribution in [0.5, 0.6) is 0 Å². The van der Waals surface area contributed by atoms with Crippen LogP contribution >= 0.6 is 15.9 Å². The van der Waals surface area contributed by atoms with Crippen molar-refractivity contribution in [1.29, 1.82) is 0 Å². The number of nitrogens with zero attached hydrogens (tertiary/aromatic N) is 2. The summed E-state index contributed by atoms with van der Waals surface area (Å²) in [6, 6.07) is 3.50. The van der Waals surface area contributed by atoms with Gasteiger partial charge in [0.05, 0.1) is 0 Å². The fourth-order valence-corrected chi connectivity index (χ4v) is 2.91. The van der Waals surface area contributed by atoms with Crippen LogP contribution in [0.4, 0.5) is 4.79 Å². The van der Waals surface area contributed by atoms with Crippen LogP contribution in [-0.4, -0.2) is 54.0 Å². The van der Waals surface area contributed by atoms with Crippen LogP contribution in [0.15, 0.2) is 21.2 Å². The highest BCUT2D eigenvalue weighted by molar-refractivity contribution is 9.10. The molecule has 1 aliphatic rings. The van der Waals surface area contributed by atoms with Gasteiger partial charge in [0.2, 0.25) is 0 Å². The summed E-state index contributed by atoms with van der Waals surface area (Å²) in [6.07, 6.45) is 1.53. The molecule has 7 heteroatoms. The number of piperidine rings is 1. The fourth-order valence-electron chi connectivity index (χ4n) is 2.60. The first-order chi connectivity index (χ1) is 10.5. The first-order valence-electron chi connectivity index (χ1n) is 7.65. The smallest absolute Gasteiger partial charge is 0.319 e. The topological polar surface area (TPSA) is 65.8 Å². The Morgan fingerprint density at radius 2 is 1.95 bits per heavy atom. The second-order valence-corrected chi connectivity index (χ2v) is 6.07. The summed E-state index contributed by atoms with van der Waals surface area (Å²) in [4.78, 5) is 28.0.